The lowest BCUT2D eigenvalue weighted by Gasteiger charge is -2.70. The minimum absolute atomic E-state index is 0.392. The molecule has 1 nitrogen and oxygen atoms in total. The van der Waals surface area contributed by atoms with Crippen molar-refractivity contribution in [3.63, 3.8) is 0 Å². The van der Waals surface area contributed by atoms with Gasteiger partial charge in [0.2, 0.25) is 0 Å². The highest BCUT2D eigenvalue weighted by Crippen LogP contribution is 2.73. The second-order valence-corrected chi connectivity index (χ2v) is 5.19. The Labute approximate surface area is 68.7 Å². The molecule has 3 aliphatic rings. The molecular formula is C10H17N. The summed E-state index contributed by atoms with van der Waals surface area (Å²) < 4.78 is 0. The van der Waals surface area contributed by atoms with Crippen molar-refractivity contribution in [2.75, 3.05) is 0 Å². The van der Waals surface area contributed by atoms with Crippen LogP contribution in [0.5, 0.6) is 0 Å². The molecule has 3 saturated carbocycles. The van der Waals surface area contributed by atoms with Gasteiger partial charge in [-0.15, -0.1) is 0 Å². The van der Waals surface area contributed by atoms with Crippen molar-refractivity contribution in [3.05, 3.63) is 0 Å². The van der Waals surface area contributed by atoms with Crippen molar-refractivity contribution in [2.45, 2.75) is 40.0 Å². The van der Waals surface area contributed by atoms with E-state index in [2.05, 4.69) is 20.8 Å². The van der Waals surface area contributed by atoms with Gasteiger partial charge in [0.1, 0.15) is 0 Å². The molecule has 3 rings (SSSR count). The van der Waals surface area contributed by atoms with Crippen LogP contribution in [-0.2, 0) is 0 Å². The molecule has 0 unspecified atom stereocenters. The molecule has 0 aromatic heterocycles. The van der Waals surface area contributed by atoms with Crippen molar-refractivity contribution in [1.82, 2.24) is 0 Å². The van der Waals surface area contributed by atoms with Crippen LogP contribution in [0.2, 0.25) is 0 Å². The maximum absolute atomic E-state index is 7.92. The minimum Gasteiger partial charge on any atom is -0.309 e. The van der Waals surface area contributed by atoms with E-state index in [9.17, 15) is 0 Å². The normalized spacial score (nSPS) is 46.5. The van der Waals surface area contributed by atoms with Gasteiger partial charge in [0, 0.05) is 11.1 Å². The summed E-state index contributed by atoms with van der Waals surface area (Å²) in [6.07, 6.45) is 3.91. The molecule has 62 valence electrons. The Morgan fingerprint density at radius 2 is 1.73 bits per heavy atom. The molecule has 1 N–H and O–H groups in total. The fourth-order valence-corrected chi connectivity index (χ4v) is 3.19. The van der Waals surface area contributed by atoms with Gasteiger partial charge in [-0.3, -0.25) is 0 Å². The molecule has 0 aromatic rings. The Bertz CT molecular complexity index is 195. The molecule has 0 aliphatic heterocycles. The van der Waals surface area contributed by atoms with E-state index in [0.717, 1.165) is 5.71 Å². The van der Waals surface area contributed by atoms with Crippen molar-refractivity contribution in [2.24, 2.45) is 16.7 Å². The van der Waals surface area contributed by atoms with Gasteiger partial charge in [-0.05, 0) is 30.6 Å². The summed E-state index contributed by atoms with van der Waals surface area (Å²) in [4.78, 5) is 0. The van der Waals surface area contributed by atoms with Gasteiger partial charge >= 0.3 is 0 Å². The highest BCUT2D eigenvalue weighted by molar-refractivity contribution is 5.92. The molecule has 0 saturated heterocycles. The maximum atomic E-state index is 7.92. The SMILES string of the molecule is CC(C)C(=N)C12CC(C)(C1)C2. The van der Waals surface area contributed by atoms with Gasteiger partial charge in [0.05, 0.1) is 0 Å². The van der Waals surface area contributed by atoms with Crippen molar-refractivity contribution >= 4 is 5.71 Å². The van der Waals surface area contributed by atoms with E-state index in [1.807, 2.05) is 0 Å². The summed E-state index contributed by atoms with van der Waals surface area (Å²) in [5.41, 5.74) is 2.06. The van der Waals surface area contributed by atoms with Gasteiger partial charge in [-0.25, -0.2) is 0 Å². The Kier molecular flexibility index (Phi) is 1.13. The quantitative estimate of drug-likeness (QED) is 0.587. The lowest BCUT2D eigenvalue weighted by molar-refractivity contribution is -0.140. The number of nitrogens with one attached hydrogen (secondary N) is 1. The molecule has 3 fully saturated rings. The second kappa shape index (κ2) is 1.70. The van der Waals surface area contributed by atoms with Crippen LogP contribution in [0.15, 0.2) is 0 Å². The summed E-state index contributed by atoms with van der Waals surface area (Å²) in [6.45, 7) is 6.64. The monoisotopic (exact) mass is 151 g/mol. The fraction of sp³-hybridized carbons (Fsp3) is 0.900. The van der Waals surface area contributed by atoms with Crippen LogP contribution in [0.1, 0.15) is 40.0 Å². The molecule has 3 aliphatic carbocycles. The smallest absolute Gasteiger partial charge is 0.0177 e. The molecule has 0 aromatic carbocycles. The number of hydrogen-bond donors (Lipinski definition) is 1. The summed E-state index contributed by atoms with van der Waals surface area (Å²) in [6, 6.07) is 0. The Morgan fingerprint density at radius 1 is 1.27 bits per heavy atom. The summed E-state index contributed by atoms with van der Waals surface area (Å²) in [5, 5.41) is 7.92. The summed E-state index contributed by atoms with van der Waals surface area (Å²) in [5.74, 6) is 0.472. The first kappa shape index (κ1) is 7.33. The lowest BCUT2D eigenvalue weighted by atomic mass is 9.34. The summed E-state index contributed by atoms with van der Waals surface area (Å²) in [7, 11) is 0. The van der Waals surface area contributed by atoms with Gasteiger partial charge in [-0.1, -0.05) is 20.8 Å². The van der Waals surface area contributed by atoms with Gasteiger partial charge in [0.25, 0.3) is 0 Å². The van der Waals surface area contributed by atoms with E-state index in [1.54, 1.807) is 0 Å². The summed E-state index contributed by atoms with van der Waals surface area (Å²) >= 11 is 0. The van der Waals surface area contributed by atoms with Gasteiger partial charge < -0.3 is 5.41 Å². The molecular weight excluding hydrogens is 134 g/mol. The largest absolute Gasteiger partial charge is 0.309 e. The minimum atomic E-state index is 0.392. The van der Waals surface area contributed by atoms with Crippen LogP contribution in [-0.4, -0.2) is 5.71 Å². The molecule has 11 heavy (non-hydrogen) atoms. The van der Waals surface area contributed by atoms with Gasteiger partial charge in [0.15, 0.2) is 0 Å². The van der Waals surface area contributed by atoms with Crippen molar-refractivity contribution in [3.8, 4) is 0 Å². The molecule has 0 spiro atoms. The van der Waals surface area contributed by atoms with E-state index in [-0.39, 0.29) is 0 Å². The Morgan fingerprint density at radius 3 is 2.00 bits per heavy atom. The second-order valence-electron chi connectivity index (χ2n) is 5.19. The highest BCUT2D eigenvalue weighted by Gasteiger charge is 2.66. The Balaban J connectivity index is 2.04. The van der Waals surface area contributed by atoms with Crippen molar-refractivity contribution in [1.29, 1.82) is 5.41 Å². The highest BCUT2D eigenvalue weighted by atomic mass is 14.7. The fourth-order valence-electron chi connectivity index (χ4n) is 3.19. The van der Waals surface area contributed by atoms with E-state index in [0.29, 0.717) is 16.7 Å². The van der Waals surface area contributed by atoms with Crippen LogP contribution < -0.4 is 0 Å². The van der Waals surface area contributed by atoms with Gasteiger partial charge in [-0.2, -0.15) is 0 Å². The van der Waals surface area contributed by atoms with E-state index in [1.165, 1.54) is 19.3 Å². The van der Waals surface area contributed by atoms with E-state index >= 15 is 0 Å². The molecule has 0 radical (unpaired) electrons. The van der Waals surface area contributed by atoms with Crippen LogP contribution >= 0.6 is 0 Å². The zero-order valence-corrected chi connectivity index (χ0v) is 7.70. The Hall–Kier alpha value is -0.330. The zero-order valence-electron chi connectivity index (χ0n) is 7.70. The molecule has 0 atom stereocenters. The molecule has 2 bridgehead atoms. The van der Waals surface area contributed by atoms with Crippen molar-refractivity contribution < 1.29 is 0 Å². The number of hydrogen-bond acceptors (Lipinski definition) is 1. The number of rotatable bonds is 2. The topological polar surface area (TPSA) is 23.9 Å². The first-order chi connectivity index (χ1) is 4.98. The first-order valence-electron chi connectivity index (χ1n) is 4.56. The zero-order chi connectivity index (χ0) is 8.28. The average Bonchev–Trinajstić information content (AvgIpc) is 1.77. The predicted octanol–water partition coefficient (Wildman–Crippen LogP) is 2.85. The third-order valence-corrected chi connectivity index (χ3v) is 3.44. The third kappa shape index (κ3) is 0.743. The van der Waals surface area contributed by atoms with E-state index in [4.69, 9.17) is 5.41 Å². The maximum Gasteiger partial charge on any atom is 0.0177 e. The molecule has 1 heteroatoms. The average molecular weight is 151 g/mol. The first-order valence-corrected chi connectivity index (χ1v) is 4.56. The standard InChI is InChI=1S/C10H17N/c1-7(2)8(11)10-4-9(3,5-10)6-10/h7,11H,4-6H2,1-3H3. The third-order valence-electron chi connectivity index (χ3n) is 3.44. The van der Waals surface area contributed by atoms with Crippen LogP contribution in [0.3, 0.4) is 0 Å². The lowest BCUT2D eigenvalue weighted by Crippen LogP contribution is -2.64. The predicted molar refractivity (Wildman–Crippen MR) is 47.0 cm³/mol. The van der Waals surface area contributed by atoms with Crippen LogP contribution in [0.4, 0.5) is 0 Å². The molecule has 0 amide bonds. The van der Waals surface area contributed by atoms with E-state index < -0.39 is 0 Å². The van der Waals surface area contributed by atoms with Crippen LogP contribution in [0.25, 0.3) is 0 Å². The molecule has 0 heterocycles. The van der Waals surface area contributed by atoms with Crippen LogP contribution in [0, 0.1) is 22.2 Å².